The number of hydrogen-bond donors (Lipinski definition) is 0. The molecule has 17 heavy (non-hydrogen) atoms. The molecule has 0 amide bonds. The maximum Gasteiger partial charge on any atom is 0.374 e. The molecule has 0 aliphatic rings. The van der Waals surface area contributed by atoms with E-state index in [1.165, 1.54) is 30.1 Å². The third kappa shape index (κ3) is 1.96. The van der Waals surface area contributed by atoms with Crippen molar-refractivity contribution in [3.63, 3.8) is 0 Å². The number of methoxy groups -OCH3 is 1. The fourth-order valence-corrected chi connectivity index (χ4v) is 2.26. The van der Waals surface area contributed by atoms with Crippen LogP contribution in [-0.2, 0) is 13.8 Å². The predicted molar refractivity (Wildman–Crippen MR) is 57.4 cm³/mol. The summed E-state index contributed by atoms with van der Waals surface area (Å²) in [5.74, 6) is -0.943. The number of hydrogen-bond acceptors (Lipinski definition) is 6. The zero-order valence-corrected chi connectivity index (χ0v) is 10.1. The molecule has 0 saturated carbocycles. The van der Waals surface area contributed by atoms with E-state index in [-0.39, 0.29) is 11.3 Å². The van der Waals surface area contributed by atoms with Crippen LogP contribution in [0.1, 0.15) is 10.6 Å². The minimum absolute atomic E-state index is 0.114. The molecular formula is C8H6ClN3O4S. The van der Waals surface area contributed by atoms with Crippen LogP contribution in [-0.4, -0.2) is 35.9 Å². The summed E-state index contributed by atoms with van der Waals surface area (Å²) < 4.78 is 28.3. The molecule has 0 aliphatic heterocycles. The summed E-state index contributed by atoms with van der Waals surface area (Å²) in [6.45, 7) is 0. The normalized spacial score (nSPS) is 11.6. The largest absolute Gasteiger partial charge is 0.463 e. The van der Waals surface area contributed by atoms with E-state index in [4.69, 9.17) is 10.7 Å². The summed E-state index contributed by atoms with van der Waals surface area (Å²) in [7, 11) is 2.32. The van der Waals surface area contributed by atoms with E-state index in [2.05, 4.69) is 14.7 Å². The van der Waals surface area contributed by atoms with Gasteiger partial charge < -0.3 is 4.74 Å². The molecule has 2 rings (SSSR count). The van der Waals surface area contributed by atoms with Crippen molar-refractivity contribution in [3.05, 3.63) is 24.4 Å². The number of carbonyl (C=O) groups excluding carboxylic acids is 1. The maximum absolute atomic E-state index is 11.4. The van der Waals surface area contributed by atoms with Crippen LogP contribution < -0.4 is 0 Å². The van der Waals surface area contributed by atoms with Crippen molar-refractivity contribution in [2.75, 3.05) is 7.11 Å². The molecule has 2 aromatic rings. The molecule has 0 N–H and O–H groups in total. The van der Waals surface area contributed by atoms with E-state index < -0.39 is 20.0 Å². The van der Waals surface area contributed by atoms with Crippen LogP contribution in [0.5, 0.6) is 0 Å². The molecule has 9 heteroatoms. The molecule has 0 aromatic carbocycles. The summed E-state index contributed by atoms with van der Waals surface area (Å²) in [5.41, 5.74) is 0.114. The Bertz CT molecular complexity index is 694. The van der Waals surface area contributed by atoms with Crippen LogP contribution in [0, 0.1) is 0 Å². The van der Waals surface area contributed by atoms with Gasteiger partial charge in [0, 0.05) is 23.1 Å². The summed E-state index contributed by atoms with van der Waals surface area (Å²) in [4.78, 5) is 18.8. The van der Waals surface area contributed by atoms with Gasteiger partial charge in [-0.3, -0.25) is 9.38 Å². The minimum atomic E-state index is -4.06. The fourth-order valence-electron chi connectivity index (χ4n) is 1.33. The Labute approximate surface area is 100 Å². The minimum Gasteiger partial charge on any atom is -0.463 e. The van der Waals surface area contributed by atoms with Gasteiger partial charge in [0.1, 0.15) is 5.52 Å². The Hall–Kier alpha value is -1.67. The number of rotatable bonds is 2. The van der Waals surface area contributed by atoms with Crippen molar-refractivity contribution in [2.45, 2.75) is 5.03 Å². The highest BCUT2D eigenvalue weighted by Crippen LogP contribution is 2.21. The third-order valence-corrected chi connectivity index (χ3v) is 3.21. The maximum atomic E-state index is 11.4. The molecule has 0 radical (unpaired) electrons. The average molecular weight is 276 g/mol. The SMILES string of the molecule is COC(=O)c1nc(S(=O)(=O)Cl)c2cnccn12. The van der Waals surface area contributed by atoms with Gasteiger partial charge in [-0.15, -0.1) is 0 Å². The van der Waals surface area contributed by atoms with Gasteiger partial charge in [0.05, 0.1) is 13.3 Å². The van der Waals surface area contributed by atoms with Crippen molar-refractivity contribution < 1.29 is 17.9 Å². The monoisotopic (exact) mass is 275 g/mol. The molecule has 7 nitrogen and oxygen atoms in total. The van der Waals surface area contributed by atoms with Crippen molar-refractivity contribution in [1.82, 2.24) is 14.4 Å². The van der Waals surface area contributed by atoms with Crippen LogP contribution in [0.25, 0.3) is 5.52 Å². The van der Waals surface area contributed by atoms with Crippen molar-refractivity contribution in [3.8, 4) is 0 Å². The Morgan fingerprint density at radius 3 is 2.82 bits per heavy atom. The summed E-state index contributed by atoms with van der Waals surface area (Å²) >= 11 is 0. The number of nitrogens with zero attached hydrogens (tertiary/aromatic N) is 3. The Kier molecular flexibility index (Phi) is 2.76. The second-order valence-corrected chi connectivity index (χ2v) is 5.48. The number of imidazole rings is 1. The first kappa shape index (κ1) is 11.8. The van der Waals surface area contributed by atoms with Gasteiger partial charge in [0.2, 0.25) is 5.82 Å². The van der Waals surface area contributed by atoms with Gasteiger partial charge in [-0.1, -0.05) is 0 Å². The number of esters is 1. The quantitative estimate of drug-likeness (QED) is 0.583. The molecule has 2 heterocycles. The van der Waals surface area contributed by atoms with Gasteiger partial charge >= 0.3 is 5.97 Å². The van der Waals surface area contributed by atoms with E-state index >= 15 is 0 Å². The van der Waals surface area contributed by atoms with Crippen LogP contribution >= 0.6 is 10.7 Å². The molecule has 0 bridgehead atoms. The predicted octanol–water partition coefficient (Wildman–Crippen LogP) is 0.443. The topological polar surface area (TPSA) is 90.6 Å². The highest BCUT2D eigenvalue weighted by atomic mass is 35.7. The Morgan fingerprint density at radius 2 is 2.24 bits per heavy atom. The van der Waals surface area contributed by atoms with Crippen LogP contribution in [0.15, 0.2) is 23.6 Å². The van der Waals surface area contributed by atoms with E-state index in [1.54, 1.807) is 0 Å². The Balaban J connectivity index is 2.85. The zero-order chi connectivity index (χ0) is 12.6. The molecule has 0 spiro atoms. The van der Waals surface area contributed by atoms with E-state index in [0.29, 0.717) is 0 Å². The third-order valence-electron chi connectivity index (χ3n) is 2.01. The second-order valence-electron chi connectivity index (χ2n) is 3.00. The molecule has 90 valence electrons. The standard InChI is InChI=1S/C8H6ClN3O4S/c1-16-8(13)6-11-7(17(9,14)15)5-4-10-2-3-12(5)6/h2-4H,1H3. The first-order valence-corrected chi connectivity index (χ1v) is 6.61. The van der Waals surface area contributed by atoms with Gasteiger partial charge in [0.15, 0.2) is 5.03 Å². The first-order valence-electron chi connectivity index (χ1n) is 4.30. The van der Waals surface area contributed by atoms with E-state index in [9.17, 15) is 13.2 Å². The van der Waals surface area contributed by atoms with Crippen molar-refractivity contribution in [1.29, 1.82) is 0 Å². The van der Waals surface area contributed by atoms with Gasteiger partial charge in [-0.2, -0.15) is 0 Å². The molecule has 0 atom stereocenters. The lowest BCUT2D eigenvalue weighted by molar-refractivity contribution is 0.0585. The van der Waals surface area contributed by atoms with Crippen molar-refractivity contribution >= 4 is 31.2 Å². The molecule has 0 unspecified atom stereocenters. The Morgan fingerprint density at radius 1 is 1.53 bits per heavy atom. The molecule has 2 aromatic heterocycles. The highest BCUT2D eigenvalue weighted by molar-refractivity contribution is 8.13. The number of fused-ring (bicyclic) bond motifs is 1. The molecular weight excluding hydrogens is 270 g/mol. The van der Waals surface area contributed by atoms with Crippen LogP contribution in [0.2, 0.25) is 0 Å². The van der Waals surface area contributed by atoms with E-state index in [1.807, 2.05) is 0 Å². The van der Waals surface area contributed by atoms with Gasteiger partial charge in [-0.25, -0.2) is 18.2 Å². The average Bonchev–Trinajstić information content (AvgIpc) is 2.67. The van der Waals surface area contributed by atoms with Crippen LogP contribution in [0.4, 0.5) is 0 Å². The highest BCUT2D eigenvalue weighted by Gasteiger charge is 2.24. The summed E-state index contributed by atoms with van der Waals surface area (Å²) in [6.07, 6.45) is 4.01. The lowest BCUT2D eigenvalue weighted by atomic mass is 10.5. The smallest absolute Gasteiger partial charge is 0.374 e. The second kappa shape index (κ2) is 3.97. The van der Waals surface area contributed by atoms with Crippen molar-refractivity contribution in [2.24, 2.45) is 0 Å². The first-order chi connectivity index (χ1) is 7.95. The number of ether oxygens (including phenoxy) is 1. The van der Waals surface area contributed by atoms with Gasteiger partial charge in [0.25, 0.3) is 9.05 Å². The summed E-state index contributed by atoms with van der Waals surface area (Å²) in [6, 6.07) is 0. The van der Waals surface area contributed by atoms with Crippen LogP contribution in [0.3, 0.4) is 0 Å². The summed E-state index contributed by atoms with van der Waals surface area (Å²) in [5, 5.41) is -0.423. The lowest BCUT2D eigenvalue weighted by Gasteiger charge is -1.96. The zero-order valence-electron chi connectivity index (χ0n) is 8.49. The number of carbonyl (C=O) groups is 1. The van der Waals surface area contributed by atoms with Gasteiger partial charge in [-0.05, 0) is 0 Å². The van der Waals surface area contributed by atoms with E-state index in [0.717, 1.165) is 0 Å². The molecule has 0 saturated heterocycles. The number of aromatic nitrogens is 3. The lowest BCUT2D eigenvalue weighted by Crippen LogP contribution is -2.07. The number of halogens is 1. The molecule has 0 aliphatic carbocycles. The molecule has 0 fully saturated rings. The fraction of sp³-hybridized carbons (Fsp3) is 0.125.